The van der Waals surface area contributed by atoms with Crippen LogP contribution in [0.25, 0.3) is 0 Å². The first-order valence-corrected chi connectivity index (χ1v) is 5.83. The van der Waals surface area contributed by atoms with Gasteiger partial charge in [-0.1, -0.05) is 16.8 Å². The third kappa shape index (κ3) is 3.59. The van der Waals surface area contributed by atoms with Gasteiger partial charge in [0.25, 0.3) is 5.91 Å². The summed E-state index contributed by atoms with van der Waals surface area (Å²) < 4.78 is 5.07. The molecule has 1 aromatic rings. The minimum Gasteiger partial charge on any atom is -0.409 e. The van der Waals surface area contributed by atoms with Crippen LogP contribution in [0, 0.1) is 0 Å². The van der Waals surface area contributed by atoms with Crippen molar-refractivity contribution in [3.8, 4) is 0 Å². The van der Waals surface area contributed by atoms with E-state index in [-0.39, 0.29) is 11.7 Å². The van der Waals surface area contributed by atoms with Gasteiger partial charge >= 0.3 is 0 Å². The van der Waals surface area contributed by atoms with Crippen LogP contribution in [-0.2, 0) is 9.53 Å². The average molecular weight is 286 g/mol. The number of amides is 1. The number of halogens is 1. The molecule has 19 heavy (non-hydrogen) atoms. The summed E-state index contributed by atoms with van der Waals surface area (Å²) in [6, 6.07) is 4.64. The molecule has 0 saturated carbocycles. The largest absolute Gasteiger partial charge is 0.409 e. The highest BCUT2D eigenvalue weighted by atomic mass is 35.5. The van der Waals surface area contributed by atoms with E-state index in [1.54, 1.807) is 26.0 Å². The van der Waals surface area contributed by atoms with Crippen molar-refractivity contribution in [2.24, 2.45) is 10.9 Å². The smallest absolute Gasteiger partial charge is 0.256 e. The predicted octanol–water partition coefficient (Wildman–Crippen LogP) is 1.80. The summed E-state index contributed by atoms with van der Waals surface area (Å²) in [5, 5.41) is 14.7. The first-order valence-electron chi connectivity index (χ1n) is 5.46. The van der Waals surface area contributed by atoms with Gasteiger partial charge in [0.2, 0.25) is 0 Å². The molecule has 1 amide bonds. The summed E-state index contributed by atoms with van der Waals surface area (Å²) in [6.07, 6.45) is 0. The van der Waals surface area contributed by atoms with E-state index in [9.17, 15) is 4.79 Å². The van der Waals surface area contributed by atoms with Crippen molar-refractivity contribution in [1.29, 1.82) is 0 Å². The molecule has 0 heterocycles. The Bertz CT molecular complexity index is 515. The molecule has 1 aromatic carbocycles. The van der Waals surface area contributed by atoms with Crippen LogP contribution in [0.3, 0.4) is 0 Å². The van der Waals surface area contributed by atoms with Gasteiger partial charge in [0.1, 0.15) is 5.60 Å². The second kappa shape index (κ2) is 5.90. The van der Waals surface area contributed by atoms with Crippen LogP contribution in [0.4, 0.5) is 5.69 Å². The van der Waals surface area contributed by atoms with Gasteiger partial charge in [-0.3, -0.25) is 4.79 Å². The number of oxime groups is 1. The SMILES string of the molecule is COC(C)(C)C(=O)Nc1cc(Cl)ccc1/C(N)=N/O. The molecule has 0 aliphatic carbocycles. The Labute approximate surface area is 116 Å². The molecule has 0 aliphatic heterocycles. The lowest BCUT2D eigenvalue weighted by Crippen LogP contribution is -2.39. The topological polar surface area (TPSA) is 96.9 Å². The van der Waals surface area contributed by atoms with Gasteiger partial charge in [0.15, 0.2) is 5.84 Å². The first-order chi connectivity index (χ1) is 8.81. The van der Waals surface area contributed by atoms with Gasteiger partial charge in [-0.25, -0.2) is 0 Å². The highest BCUT2D eigenvalue weighted by Gasteiger charge is 2.27. The maximum atomic E-state index is 12.0. The monoisotopic (exact) mass is 285 g/mol. The fourth-order valence-corrected chi connectivity index (χ4v) is 1.43. The van der Waals surface area contributed by atoms with E-state index in [4.69, 9.17) is 27.3 Å². The van der Waals surface area contributed by atoms with Crippen molar-refractivity contribution in [1.82, 2.24) is 0 Å². The molecule has 104 valence electrons. The molecule has 0 saturated heterocycles. The van der Waals surface area contributed by atoms with Crippen LogP contribution in [0.2, 0.25) is 5.02 Å². The highest BCUT2D eigenvalue weighted by Crippen LogP contribution is 2.22. The zero-order chi connectivity index (χ0) is 14.6. The molecule has 7 heteroatoms. The van der Waals surface area contributed by atoms with Crippen molar-refractivity contribution in [2.75, 3.05) is 12.4 Å². The molecule has 0 radical (unpaired) electrons. The first kappa shape index (κ1) is 15.3. The lowest BCUT2D eigenvalue weighted by molar-refractivity contribution is -0.133. The maximum absolute atomic E-state index is 12.0. The number of nitrogens with zero attached hydrogens (tertiary/aromatic N) is 1. The fraction of sp³-hybridized carbons (Fsp3) is 0.333. The molecule has 4 N–H and O–H groups in total. The Morgan fingerprint density at radius 3 is 2.68 bits per heavy atom. The molecule has 0 spiro atoms. The Morgan fingerprint density at radius 2 is 2.16 bits per heavy atom. The van der Waals surface area contributed by atoms with Gasteiger partial charge < -0.3 is 21.0 Å². The van der Waals surface area contributed by atoms with Crippen LogP contribution in [0.5, 0.6) is 0 Å². The second-order valence-corrected chi connectivity index (χ2v) is 4.78. The minimum atomic E-state index is -1.01. The van der Waals surface area contributed by atoms with E-state index in [1.807, 2.05) is 0 Å². The number of hydrogen-bond acceptors (Lipinski definition) is 4. The average Bonchev–Trinajstić information content (AvgIpc) is 2.38. The van der Waals surface area contributed by atoms with Crippen LogP contribution in [-0.4, -0.2) is 29.7 Å². The molecule has 1 rings (SSSR count). The third-order valence-corrected chi connectivity index (χ3v) is 2.91. The maximum Gasteiger partial charge on any atom is 0.256 e. The molecule has 6 nitrogen and oxygen atoms in total. The lowest BCUT2D eigenvalue weighted by Gasteiger charge is -2.22. The normalized spacial score (nSPS) is 12.3. The van der Waals surface area contributed by atoms with Crippen LogP contribution in [0.1, 0.15) is 19.4 Å². The van der Waals surface area contributed by atoms with E-state index in [0.717, 1.165) is 0 Å². The van der Waals surface area contributed by atoms with Crippen LogP contribution in [0.15, 0.2) is 23.4 Å². The summed E-state index contributed by atoms with van der Waals surface area (Å²) in [4.78, 5) is 12.0. The van der Waals surface area contributed by atoms with Crippen molar-refractivity contribution >= 4 is 29.0 Å². The van der Waals surface area contributed by atoms with E-state index >= 15 is 0 Å². The van der Waals surface area contributed by atoms with Crippen molar-refractivity contribution in [2.45, 2.75) is 19.4 Å². The molecular weight excluding hydrogens is 270 g/mol. The van der Waals surface area contributed by atoms with E-state index in [1.165, 1.54) is 13.2 Å². The molecule has 0 aromatic heterocycles. The van der Waals surface area contributed by atoms with Crippen LogP contribution < -0.4 is 11.1 Å². The molecule has 0 atom stereocenters. The summed E-state index contributed by atoms with van der Waals surface area (Å²) in [7, 11) is 1.43. The number of carbonyl (C=O) groups is 1. The Hall–Kier alpha value is -1.79. The van der Waals surface area contributed by atoms with Crippen molar-refractivity contribution in [3.63, 3.8) is 0 Å². The summed E-state index contributed by atoms with van der Waals surface area (Å²) in [6.45, 7) is 3.24. The molecular formula is C12H16ClN3O3. The number of nitrogens with one attached hydrogen (secondary N) is 1. The number of methoxy groups -OCH3 is 1. The molecule has 0 fully saturated rings. The van der Waals surface area contributed by atoms with E-state index in [2.05, 4.69) is 10.5 Å². The summed E-state index contributed by atoms with van der Waals surface area (Å²) in [5.41, 5.74) is 5.24. The molecule has 0 unspecified atom stereocenters. The number of rotatable bonds is 4. The van der Waals surface area contributed by atoms with Crippen molar-refractivity contribution < 1.29 is 14.7 Å². The number of amidine groups is 1. The fourth-order valence-electron chi connectivity index (χ4n) is 1.26. The van der Waals surface area contributed by atoms with Gasteiger partial charge in [-0.05, 0) is 32.0 Å². The quantitative estimate of drug-likeness (QED) is 0.340. The van der Waals surface area contributed by atoms with E-state index < -0.39 is 5.60 Å². The predicted molar refractivity (Wildman–Crippen MR) is 73.7 cm³/mol. The second-order valence-electron chi connectivity index (χ2n) is 4.34. The Balaban J connectivity index is 3.13. The molecule has 0 aliphatic rings. The number of hydrogen-bond donors (Lipinski definition) is 3. The minimum absolute atomic E-state index is 0.123. The van der Waals surface area contributed by atoms with Crippen molar-refractivity contribution in [3.05, 3.63) is 28.8 Å². The highest BCUT2D eigenvalue weighted by molar-refractivity contribution is 6.31. The zero-order valence-corrected chi connectivity index (χ0v) is 11.7. The van der Waals surface area contributed by atoms with Gasteiger partial charge in [0.05, 0.1) is 5.69 Å². The summed E-state index contributed by atoms with van der Waals surface area (Å²) in [5.74, 6) is -0.494. The van der Waals surface area contributed by atoms with Crippen LogP contribution >= 0.6 is 11.6 Å². The molecule has 0 bridgehead atoms. The van der Waals surface area contributed by atoms with Gasteiger partial charge in [-0.15, -0.1) is 0 Å². The van der Waals surface area contributed by atoms with E-state index in [0.29, 0.717) is 16.3 Å². The summed E-state index contributed by atoms with van der Waals surface area (Å²) >= 11 is 5.87. The number of anilines is 1. The number of benzene rings is 1. The third-order valence-electron chi connectivity index (χ3n) is 2.67. The Kier molecular flexibility index (Phi) is 4.74. The standard InChI is InChI=1S/C12H16ClN3O3/c1-12(2,19-3)11(17)15-9-6-7(13)4-5-8(9)10(14)16-18/h4-6,18H,1-3H3,(H2,14,16)(H,15,17). The zero-order valence-electron chi connectivity index (χ0n) is 10.9. The van der Waals surface area contributed by atoms with Gasteiger partial charge in [-0.2, -0.15) is 0 Å². The van der Waals surface area contributed by atoms with Gasteiger partial charge in [0, 0.05) is 17.7 Å². The number of nitrogens with two attached hydrogens (primary N) is 1. The number of ether oxygens (including phenoxy) is 1. The Morgan fingerprint density at radius 1 is 1.53 bits per heavy atom. The number of carbonyl (C=O) groups excluding carboxylic acids is 1. The lowest BCUT2D eigenvalue weighted by atomic mass is 10.1.